The van der Waals surface area contributed by atoms with Crippen LogP contribution in [-0.4, -0.2) is 99.8 Å². The van der Waals surface area contributed by atoms with Crippen molar-refractivity contribution in [3.63, 3.8) is 0 Å². The second-order valence-corrected chi connectivity index (χ2v) is 15.0. The maximum absolute atomic E-state index is 12.9. The van der Waals surface area contributed by atoms with Crippen molar-refractivity contribution in [3.8, 4) is 0 Å². The van der Waals surface area contributed by atoms with Crippen LogP contribution in [0.4, 0.5) is 0 Å². The third kappa shape index (κ3) is 14.2. The number of benzene rings is 1. The zero-order valence-corrected chi connectivity index (χ0v) is 33.2. The molecule has 0 aliphatic carbocycles. The number of carboxylic acid groups (broad SMARTS) is 1. The van der Waals surface area contributed by atoms with Crippen molar-refractivity contribution in [1.82, 2.24) is 5.32 Å². The van der Waals surface area contributed by atoms with Crippen molar-refractivity contribution in [2.75, 3.05) is 7.11 Å². The van der Waals surface area contributed by atoms with Gasteiger partial charge in [0.05, 0.1) is 36.4 Å². The van der Waals surface area contributed by atoms with Gasteiger partial charge in [-0.25, -0.2) is 0 Å². The zero-order chi connectivity index (χ0) is 40.1. The molecule has 1 aromatic rings. The molecule has 0 saturated carbocycles. The first-order valence-electron chi connectivity index (χ1n) is 18.1. The Hall–Kier alpha value is -3.10. The van der Waals surface area contributed by atoms with Gasteiger partial charge in [-0.2, -0.15) is 0 Å². The quantitative estimate of drug-likeness (QED) is 0.0562. The lowest BCUT2D eigenvalue weighted by Gasteiger charge is -2.33. The molecule has 0 aromatic heterocycles. The minimum absolute atomic E-state index is 0.0200. The summed E-state index contributed by atoms with van der Waals surface area (Å²) in [4.78, 5) is 33.1. The van der Waals surface area contributed by atoms with Crippen molar-refractivity contribution in [1.29, 1.82) is 0 Å². The minimum Gasteiger partial charge on any atom is -0.483 e. The third-order valence-corrected chi connectivity index (χ3v) is 10.2. The number of cyclic esters (lactones) is 1. The summed E-state index contributed by atoms with van der Waals surface area (Å²) < 4.78 is 23.2. The molecule has 3 rings (SSSR count). The van der Waals surface area contributed by atoms with Gasteiger partial charge in [-0.3, -0.25) is 14.4 Å². The number of carbonyl (C=O) groups excluding carboxylic acids is 2. The zero-order valence-electron chi connectivity index (χ0n) is 32.4. The summed E-state index contributed by atoms with van der Waals surface area (Å²) in [6.07, 6.45) is 6.28. The Kier molecular flexibility index (Phi) is 18.3. The molecule has 0 radical (unpaired) electrons. The molecule has 13 heteroatoms. The van der Waals surface area contributed by atoms with Gasteiger partial charge in [0, 0.05) is 36.9 Å². The van der Waals surface area contributed by atoms with Crippen LogP contribution in [0.2, 0.25) is 5.02 Å². The Balaban J connectivity index is 0.00000313. The highest BCUT2D eigenvalue weighted by Gasteiger charge is 2.54. The maximum Gasteiger partial charge on any atom is 0.309 e. The fourth-order valence-electron chi connectivity index (χ4n) is 6.73. The van der Waals surface area contributed by atoms with Crippen LogP contribution in [0.5, 0.6) is 0 Å². The molecule has 0 bridgehead atoms. The van der Waals surface area contributed by atoms with E-state index < -0.39 is 53.4 Å². The van der Waals surface area contributed by atoms with Gasteiger partial charge >= 0.3 is 11.9 Å². The molecular weight excluding hydrogens is 706 g/mol. The SMILES string of the molecule is CC[C@H](OC)[C@@H](C)[C@H]1O[C@@H]1C(N[C@H](C)c1ccc(Cl)cc1)C(C)(O)/C=C/C=C(\C)C1OC(=O)C[C@H](O)CC[C@@](C)(O)[C@@H](OC(C)=O)/C=C/[C@@H]1C.O=CO. The summed E-state index contributed by atoms with van der Waals surface area (Å²) in [6.45, 7) is 14.2. The number of carbonyl (C=O) groups is 3. The Morgan fingerprint density at radius 1 is 1.19 bits per heavy atom. The van der Waals surface area contributed by atoms with Gasteiger partial charge in [0.25, 0.3) is 6.47 Å². The van der Waals surface area contributed by atoms with Gasteiger partial charge in [0.1, 0.15) is 23.9 Å². The van der Waals surface area contributed by atoms with Crippen LogP contribution in [-0.2, 0) is 33.3 Å². The summed E-state index contributed by atoms with van der Waals surface area (Å²) in [5, 5.41) is 44.7. The van der Waals surface area contributed by atoms with Crippen LogP contribution in [0, 0.1) is 11.8 Å². The first kappa shape index (κ1) is 46.1. The second kappa shape index (κ2) is 21.1. The Morgan fingerprint density at radius 3 is 2.38 bits per heavy atom. The molecule has 0 amide bonds. The number of aliphatic hydroxyl groups is 3. The van der Waals surface area contributed by atoms with E-state index in [4.69, 9.17) is 40.4 Å². The number of esters is 2. The smallest absolute Gasteiger partial charge is 0.309 e. The molecule has 0 spiro atoms. The van der Waals surface area contributed by atoms with E-state index in [1.165, 1.54) is 6.92 Å². The fraction of sp³-hybridized carbons (Fsp3) is 0.625. The minimum atomic E-state index is -1.46. The lowest BCUT2D eigenvalue weighted by molar-refractivity contribution is -0.157. The van der Waals surface area contributed by atoms with Crippen LogP contribution in [0.25, 0.3) is 0 Å². The highest BCUT2D eigenvalue weighted by molar-refractivity contribution is 6.30. The van der Waals surface area contributed by atoms with Gasteiger partial charge in [-0.05, 0) is 76.3 Å². The maximum atomic E-state index is 12.9. The van der Waals surface area contributed by atoms with Crippen molar-refractivity contribution in [2.24, 2.45) is 11.8 Å². The van der Waals surface area contributed by atoms with E-state index in [1.54, 1.807) is 51.3 Å². The summed E-state index contributed by atoms with van der Waals surface area (Å²) >= 11 is 6.13. The molecule has 3 unspecified atom stereocenters. The molecule has 1 aromatic carbocycles. The average molecular weight is 766 g/mol. The van der Waals surface area contributed by atoms with Crippen LogP contribution >= 0.6 is 11.6 Å². The highest BCUT2D eigenvalue weighted by Crippen LogP contribution is 2.39. The predicted molar refractivity (Wildman–Crippen MR) is 202 cm³/mol. The van der Waals surface area contributed by atoms with Gasteiger partial charge in [-0.1, -0.05) is 68.8 Å². The lowest BCUT2D eigenvalue weighted by atomic mass is 9.86. The molecule has 12 atom stereocenters. The van der Waals surface area contributed by atoms with Crippen LogP contribution in [0.3, 0.4) is 0 Å². The van der Waals surface area contributed by atoms with E-state index >= 15 is 0 Å². The lowest BCUT2D eigenvalue weighted by Crippen LogP contribution is -2.53. The number of halogens is 1. The van der Waals surface area contributed by atoms with E-state index in [0.29, 0.717) is 10.6 Å². The molecule has 5 N–H and O–H groups in total. The molecule has 53 heavy (non-hydrogen) atoms. The van der Waals surface area contributed by atoms with E-state index in [2.05, 4.69) is 19.2 Å². The number of nitrogens with one attached hydrogen (secondary N) is 1. The van der Waals surface area contributed by atoms with Crippen LogP contribution in [0.1, 0.15) is 92.7 Å². The molecule has 1 saturated heterocycles. The van der Waals surface area contributed by atoms with E-state index in [-0.39, 0.29) is 56.0 Å². The summed E-state index contributed by atoms with van der Waals surface area (Å²) in [5.74, 6) is -1.40. The molecular formula is C40H60ClNO11. The summed E-state index contributed by atoms with van der Waals surface area (Å²) in [6, 6.07) is 6.96. The second-order valence-electron chi connectivity index (χ2n) is 14.6. The molecule has 2 aliphatic heterocycles. The Morgan fingerprint density at radius 2 is 1.81 bits per heavy atom. The first-order chi connectivity index (χ1) is 24.8. The number of methoxy groups -OCH3 is 1. The summed E-state index contributed by atoms with van der Waals surface area (Å²) in [5.41, 5.74) is -1.13. The van der Waals surface area contributed by atoms with Crippen molar-refractivity contribution in [3.05, 3.63) is 70.8 Å². The number of aliphatic hydroxyl groups excluding tert-OH is 1. The Labute approximate surface area is 319 Å². The molecule has 298 valence electrons. The normalized spacial score (nSPS) is 30.8. The standard InChI is InChI=1S/C39H58ClNO9.CH2O2/c1-10-31(47-9)25(4)35-36(50-35)37(41-26(5)28-14-16-29(40)17-15-28)39(8,46)20-11-12-23(2)34-24(3)13-18-32(48-27(6)42)38(7,45)21-19-30(43)22-33(44)49-34;2-1-3/h11-18,20,24-26,30-32,34-37,41,43,45-46H,10,19,21-22H2,1-9H3;1H,(H,2,3)/b18-13+,20-11+,23-12+;/t24-,25+,26+,30+,31-,32-,34?,35+,36-,37?,38+,39?;/m0./s1. The number of epoxide rings is 1. The predicted octanol–water partition coefficient (Wildman–Crippen LogP) is 5.47. The van der Waals surface area contributed by atoms with Crippen LogP contribution in [0.15, 0.2) is 60.2 Å². The van der Waals surface area contributed by atoms with E-state index in [0.717, 1.165) is 12.0 Å². The third-order valence-electron chi connectivity index (χ3n) is 9.99. The topological polar surface area (TPSA) is 184 Å². The van der Waals surface area contributed by atoms with E-state index in [9.17, 15) is 24.9 Å². The monoisotopic (exact) mass is 765 g/mol. The average Bonchev–Trinajstić information content (AvgIpc) is 3.87. The van der Waals surface area contributed by atoms with Crippen molar-refractivity contribution < 1.29 is 53.8 Å². The van der Waals surface area contributed by atoms with E-state index in [1.807, 2.05) is 45.0 Å². The number of hydrogen-bond donors (Lipinski definition) is 5. The highest BCUT2D eigenvalue weighted by atomic mass is 35.5. The van der Waals surface area contributed by atoms with Crippen LogP contribution < -0.4 is 5.32 Å². The molecule has 1 fully saturated rings. The van der Waals surface area contributed by atoms with Gasteiger partial charge in [0.15, 0.2) is 0 Å². The largest absolute Gasteiger partial charge is 0.483 e. The van der Waals surface area contributed by atoms with Crippen molar-refractivity contribution in [2.45, 2.75) is 141 Å². The van der Waals surface area contributed by atoms with Gasteiger partial charge < -0.3 is 44.7 Å². The van der Waals surface area contributed by atoms with Crippen molar-refractivity contribution >= 4 is 30.0 Å². The Bertz CT molecular complexity index is 1410. The number of allylic oxidation sites excluding steroid dienone is 2. The molecule has 12 nitrogen and oxygen atoms in total. The summed E-state index contributed by atoms with van der Waals surface area (Å²) in [7, 11) is 1.70. The molecule has 2 aliphatic rings. The first-order valence-corrected chi connectivity index (χ1v) is 18.5. The van der Waals surface area contributed by atoms with Gasteiger partial charge in [-0.15, -0.1) is 0 Å². The van der Waals surface area contributed by atoms with Gasteiger partial charge in [0.2, 0.25) is 0 Å². The number of hydrogen-bond acceptors (Lipinski definition) is 11. The fourth-order valence-corrected chi connectivity index (χ4v) is 6.85. The number of rotatable bonds is 13. The molecule has 2 heterocycles. The number of ether oxygens (including phenoxy) is 4.